The van der Waals surface area contributed by atoms with Crippen LogP contribution >= 0.6 is 11.8 Å². The van der Waals surface area contributed by atoms with Crippen LogP contribution in [-0.2, 0) is 5.75 Å². The van der Waals surface area contributed by atoms with Gasteiger partial charge in [-0.3, -0.25) is 0 Å². The number of nitrogens with two attached hydrogens (primary N) is 1. The molecule has 1 aromatic carbocycles. The van der Waals surface area contributed by atoms with E-state index >= 15 is 0 Å². The Morgan fingerprint density at radius 2 is 2.15 bits per heavy atom. The SMILES string of the molecule is CC(C)CSCc1cccc(N)c1. The number of benzene rings is 1. The lowest BCUT2D eigenvalue weighted by Crippen LogP contribution is -1.92. The molecule has 0 fully saturated rings. The molecule has 0 amide bonds. The minimum Gasteiger partial charge on any atom is -0.399 e. The van der Waals surface area contributed by atoms with Crippen molar-refractivity contribution in [3.63, 3.8) is 0 Å². The minimum atomic E-state index is 0.769. The van der Waals surface area contributed by atoms with Gasteiger partial charge in [0.25, 0.3) is 0 Å². The molecule has 1 nitrogen and oxygen atoms in total. The summed E-state index contributed by atoms with van der Waals surface area (Å²) in [5, 5.41) is 0. The molecule has 0 spiro atoms. The Morgan fingerprint density at radius 3 is 2.77 bits per heavy atom. The molecule has 0 radical (unpaired) electrons. The molecule has 0 aliphatic heterocycles. The Balaban J connectivity index is 2.37. The number of hydrogen-bond acceptors (Lipinski definition) is 2. The van der Waals surface area contributed by atoms with Crippen molar-refractivity contribution in [3.05, 3.63) is 29.8 Å². The summed E-state index contributed by atoms with van der Waals surface area (Å²) in [4.78, 5) is 0. The van der Waals surface area contributed by atoms with E-state index in [9.17, 15) is 0 Å². The van der Waals surface area contributed by atoms with Crippen molar-refractivity contribution in [1.82, 2.24) is 0 Å². The Bertz CT molecular complexity index is 258. The van der Waals surface area contributed by atoms with Crippen LogP contribution in [0.25, 0.3) is 0 Å². The van der Waals surface area contributed by atoms with Gasteiger partial charge in [0, 0.05) is 11.4 Å². The van der Waals surface area contributed by atoms with Gasteiger partial charge in [0.05, 0.1) is 0 Å². The molecule has 0 aromatic heterocycles. The van der Waals surface area contributed by atoms with E-state index in [0.717, 1.165) is 17.4 Å². The van der Waals surface area contributed by atoms with Crippen molar-refractivity contribution < 1.29 is 0 Å². The predicted octanol–water partition coefficient (Wildman–Crippen LogP) is 3.16. The van der Waals surface area contributed by atoms with E-state index in [1.54, 1.807) is 0 Å². The van der Waals surface area contributed by atoms with Crippen LogP contribution in [0.15, 0.2) is 24.3 Å². The van der Waals surface area contributed by atoms with Gasteiger partial charge in [-0.2, -0.15) is 11.8 Å². The third kappa shape index (κ3) is 4.23. The van der Waals surface area contributed by atoms with Crippen LogP contribution in [0.2, 0.25) is 0 Å². The lowest BCUT2D eigenvalue weighted by molar-refractivity contribution is 0.750. The van der Waals surface area contributed by atoms with E-state index in [4.69, 9.17) is 5.73 Å². The summed E-state index contributed by atoms with van der Waals surface area (Å²) >= 11 is 1.97. The minimum absolute atomic E-state index is 0.769. The lowest BCUT2D eigenvalue weighted by Gasteiger charge is -2.04. The van der Waals surface area contributed by atoms with Crippen molar-refractivity contribution in [3.8, 4) is 0 Å². The summed E-state index contributed by atoms with van der Waals surface area (Å²) < 4.78 is 0. The topological polar surface area (TPSA) is 26.0 Å². The van der Waals surface area contributed by atoms with Gasteiger partial charge in [-0.1, -0.05) is 26.0 Å². The summed E-state index contributed by atoms with van der Waals surface area (Å²) in [5.74, 6) is 3.06. The predicted molar refractivity (Wildman–Crippen MR) is 61.9 cm³/mol. The first-order valence-electron chi connectivity index (χ1n) is 4.60. The molecule has 13 heavy (non-hydrogen) atoms. The lowest BCUT2D eigenvalue weighted by atomic mass is 10.2. The Hall–Kier alpha value is -0.630. The molecule has 0 aliphatic carbocycles. The van der Waals surface area contributed by atoms with Gasteiger partial charge in [-0.25, -0.2) is 0 Å². The van der Waals surface area contributed by atoms with Gasteiger partial charge in [-0.15, -0.1) is 0 Å². The highest BCUT2D eigenvalue weighted by molar-refractivity contribution is 7.98. The second kappa shape index (κ2) is 5.18. The average molecular weight is 195 g/mol. The van der Waals surface area contributed by atoms with Crippen molar-refractivity contribution in [2.45, 2.75) is 19.6 Å². The number of thioether (sulfide) groups is 1. The quantitative estimate of drug-likeness (QED) is 0.747. The first kappa shape index (κ1) is 10.5. The van der Waals surface area contributed by atoms with Gasteiger partial charge < -0.3 is 5.73 Å². The molecule has 0 heterocycles. The zero-order valence-corrected chi connectivity index (χ0v) is 9.10. The summed E-state index contributed by atoms with van der Waals surface area (Å²) in [6, 6.07) is 8.12. The molecular weight excluding hydrogens is 178 g/mol. The molecular formula is C11H17NS. The largest absolute Gasteiger partial charge is 0.399 e. The first-order chi connectivity index (χ1) is 6.18. The zero-order chi connectivity index (χ0) is 9.68. The third-order valence-corrected chi connectivity index (χ3v) is 3.11. The molecule has 0 saturated heterocycles. The van der Waals surface area contributed by atoms with Crippen LogP contribution in [-0.4, -0.2) is 5.75 Å². The van der Waals surface area contributed by atoms with Gasteiger partial charge in [0.2, 0.25) is 0 Å². The maximum absolute atomic E-state index is 5.68. The smallest absolute Gasteiger partial charge is 0.0317 e. The number of hydrogen-bond donors (Lipinski definition) is 1. The fourth-order valence-electron chi connectivity index (χ4n) is 1.10. The highest BCUT2D eigenvalue weighted by Gasteiger charge is 1.96. The third-order valence-electron chi connectivity index (χ3n) is 1.67. The molecule has 1 aromatic rings. The van der Waals surface area contributed by atoms with Crippen molar-refractivity contribution in [2.75, 3.05) is 11.5 Å². The fourth-order valence-corrected chi connectivity index (χ4v) is 2.10. The van der Waals surface area contributed by atoms with E-state index in [1.165, 1.54) is 11.3 Å². The van der Waals surface area contributed by atoms with E-state index in [2.05, 4.69) is 19.9 Å². The van der Waals surface area contributed by atoms with Gasteiger partial charge in [0.15, 0.2) is 0 Å². The molecule has 2 heteroatoms. The summed E-state index contributed by atoms with van der Waals surface area (Å²) in [6.07, 6.45) is 0. The standard InChI is InChI=1S/C11H17NS/c1-9(2)7-13-8-10-4-3-5-11(12)6-10/h3-6,9H,7-8,12H2,1-2H3. The van der Waals surface area contributed by atoms with Crippen LogP contribution in [0.1, 0.15) is 19.4 Å². The molecule has 0 saturated carbocycles. The molecule has 0 unspecified atom stereocenters. The average Bonchev–Trinajstić information content (AvgIpc) is 2.03. The fraction of sp³-hybridized carbons (Fsp3) is 0.455. The summed E-state index contributed by atoms with van der Waals surface area (Å²) in [6.45, 7) is 4.48. The van der Waals surface area contributed by atoms with Gasteiger partial charge in [0.1, 0.15) is 0 Å². The van der Waals surface area contributed by atoms with Crippen molar-refractivity contribution in [2.24, 2.45) is 5.92 Å². The Labute approximate surface area is 84.7 Å². The molecule has 72 valence electrons. The van der Waals surface area contributed by atoms with Crippen LogP contribution in [0.5, 0.6) is 0 Å². The number of rotatable bonds is 4. The van der Waals surface area contributed by atoms with Crippen molar-refractivity contribution >= 4 is 17.4 Å². The molecule has 0 atom stereocenters. The molecule has 0 bridgehead atoms. The van der Waals surface area contributed by atoms with Crippen molar-refractivity contribution in [1.29, 1.82) is 0 Å². The van der Waals surface area contributed by atoms with Gasteiger partial charge >= 0.3 is 0 Å². The van der Waals surface area contributed by atoms with E-state index in [0.29, 0.717) is 0 Å². The number of nitrogen functional groups attached to an aromatic ring is 1. The second-order valence-corrected chi connectivity index (χ2v) is 4.68. The molecule has 1 rings (SSSR count). The highest BCUT2D eigenvalue weighted by Crippen LogP contribution is 2.16. The zero-order valence-electron chi connectivity index (χ0n) is 8.29. The van der Waals surface area contributed by atoms with E-state index < -0.39 is 0 Å². The monoisotopic (exact) mass is 195 g/mol. The van der Waals surface area contributed by atoms with Crippen LogP contribution in [0.4, 0.5) is 5.69 Å². The summed E-state index contributed by atoms with van der Waals surface area (Å²) in [5.41, 5.74) is 7.87. The van der Waals surface area contributed by atoms with Gasteiger partial charge in [-0.05, 0) is 29.4 Å². The summed E-state index contributed by atoms with van der Waals surface area (Å²) in [7, 11) is 0. The van der Waals surface area contributed by atoms with Crippen LogP contribution in [0, 0.1) is 5.92 Å². The van der Waals surface area contributed by atoms with Crippen LogP contribution in [0.3, 0.4) is 0 Å². The second-order valence-electron chi connectivity index (χ2n) is 3.65. The maximum Gasteiger partial charge on any atom is 0.0317 e. The number of anilines is 1. The maximum atomic E-state index is 5.68. The van der Waals surface area contributed by atoms with E-state index in [1.807, 2.05) is 30.0 Å². The first-order valence-corrected chi connectivity index (χ1v) is 5.76. The van der Waals surface area contributed by atoms with Crippen LogP contribution < -0.4 is 5.73 Å². The highest BCUT2D eigenvalue weighted by atomic mass is 32.2. The normalized spacial score (nSPS) is 10.7. The Kier molecular flexibility index (Phi) is 4.16. The molecule has 2 N–H and O–H groups in total. The van der Waals surface area contributed by atoms with E-state index in [-0.39, 0.29) is 0 Å². The Morgan fingerprint density at radius 1 is 1.38 bits per heavy atom. The molecule has 0 aliphatic rings.